The van der Waals surface area contributed by atoms with E-state index in [0.29, 0.717) is 30.5 Å². The van der Waals surface area contributed by atoms with Gasteiger partial charge >= 0.3 is 5.88 Å². The SMILES string of the molecule is CCOc1ncccc1NCc1ccc([N+](=O)[O-])o1. The average molecular weight is 263 g/mol. The van der Waals surface area contributed by atoms with Crippen LogP contribution < -0.4 is 10.1 Å². The Labute approximate surface area is 109 Å². The lowest BCUT2D eigenvalue weighted by molar-refractivity contribution is -0.402. The van der Waals surface area contributed by atoms with E-state index >= 15 is 0 Å². The maximum atomic E-state index is 10.5. The van der Waals surface area contributed by atoms with E-state index in [9.17, 15) is 10.1 Å². The summed E-state index contributed by atoms with van der Waals surface area (Å²) < 4.78 is 10.4. The summed E-state index contributed by atoms with van der Waals surface area (Å²) in [4.78, 5) is 14.0. The molecule has 19 heavy (non-hydrogen) atoms. The van der Waals surface area contributed by atoms with Crippen LogP contribution in [0.1, 0.15) is 12.7 Å². The molecule has 0 aliphatic heterocycles. The number of hydrogen-bond acceptors (Lipinski definition) is 6. The molecule has 2 aromatic rings. The van der Waals surface area contributed by atoms with Crippen molar-refractivity contribution in [3.63, 3.8) is 0 Å². The molecule has 0 unspecified atom stereocenters. The first kappa shape index (κ1) is 12.9. The second kappa shape index (κ2) is 5.85. The number of furan rings is 1. The standard InChI is InChI=1S/C12H13N3O4/c1-2-18-12-10(4-3-7-13-12)14-8-9-5-6-11(19-9)15(16)17/h3-7,14H,2,8H2,1H3. The van der Waals surface area contributed by atoms with Gasteiger partial charge in [-0.3, -0.25) is 10.1 Å². The minimum Gasteiger partial charge on any atom is -0.476 e. The zero-order valence-corrected chi connectivity index (χ0v) is 10.3. The highest BCUT2D eigenvalue weighted by molar-refractivity contribution is 5.52. The van der Waals surface area contributed by atoms with Crippen LogP contribution in [0.3, 0.4) is 0 Å². The second-order valence-corrected chi connectivity index (χ2v) is 3.64. The Hall–Kier alpha value is -2.57. The quantitative estimate of drug-likeness (QED) is 0.636. The van der Waals surface area contributed by atoms with Crippen LogP contribution >= 0.6 is 0 Å². The van der Waals surface area contributed by atoms with Crippen molar-refractivity contribution in [1.29, 1.82) is 0 Å². The highest BCUT2D eigenvalue weighted by Crippen LogP contribution is 2.22. The Morgan fingerprint density at radius 3 is 3.00 bits per heavy atom. The van der Waals surface area contributed by atoms with Gasteiger partial charge in [0, 0.05) is 6.20 Å². The number of nitro groups is 1. The maximum Gasteiger partial charge on any atom is 0.433 e. The van der Waals surface area contributed by atoms with Crippen LogP contribution in [0.15, 0.2) is 34.9 Å². The molecule has 0 amide bonds. The van der Waals surface area contributed by atoms with Gasteiger partial charge in [-0.25, -0.2) is 4.98 Å². The third kappa shape index (κ3) is 3.21. The van der Waals surface area contributed by atoms with Gasteiger partial charge < -0.3 is 14.5 Å². The fourth-order valence-electron chi connectivity index (χ4n) is 1.52. The minimum atomic E-state index is -0.570. The van der Waals surface area contributed by atoms with Crippen LogP contribution in [0.2, 0.25) is 0 Å². The number of aromatic nitrogens is 1. The molecule has 0 aromatic carbocycles. The third-order valence-electron chi connectivity index (χ3n) is 2.33. The maximum absolute atomic E-state index is 10.5. The van der Waals surface area contributed by atoms with E-state index in [4.69, 9.17) is 9.15 Å². The summed E-state index contributed by atoms with van der Waals surface area (Å²) in [6.07, 6.45) is 1.63. The zero-order chi connectivity index (χ0) is 13.7. The number of hydrogen-bond donors (Lipinski definition) is 1. The lowest BCUT2D eigenvalue weighted by Gasteiger charge is -2.09. The molecular formula is C12H13N3O4. The van der Waals surface area contributed by atoms with Crippen molar-refractivity contribution in [2.75, 3.05) is 11.9 Å². The molecular weight excluding hydrogens is 250 g/mol. The van der Waals surface area contributed by atoms with Gasteiger partial charge in [-0.05, 0) is 25.1 Å². The average Bonchev–Trinajstić information content (AvgIpc) is 2.87. The van der Waals surface area contributed by atoms with Crippen molar-refractivity contribution >= 4 is 11.6 Å². The number of anilines is 1. The minimum absolute atomic E-state index is 0.270. The van der Waals surface area contributed by atoms with Crippen LogP contribution in [0.4, 0.5) is 11.6 Å². The van der Waals surface area contributed by atoms with Crippen molar-refractivity contribution in [3.05, 3.63) is 46.3 Å². The summed E-state index contributed by atoms with van der Waals surface area (Å²) in [5.74, 6) is 0.692. The van der Waals surface area contributed by atoms with Gasteiger partial charge in [-0.2, -0.15) is 0 Å². The van der Waals surface area contributed by atoms with E-state index in [2.05, 4.69) is 10.3 Å². The van der Waals surface area contributed by atoms with Crippen LogP contribution in [-0.4, -0.2) is 16.5 Å². The molecule has 0 saturated carbocycles. The second-order valence-electron chi connectivity index (χ2n) is 3.64. The highest BCUT2D eigenvalue weighted by atomic mass is 16.6. The first-order valence-electron chi connectivity index (χ1n) is 5.75. The summed E-state index contributed by atoms with van der Waals surface area (Å²) in [7, 11) is 0. The van der Waals surface area contributed by atoms with Gasteiger partial charge in [0.05, 0.1) is 24.9 Å². The molecule has 0 aliphatic carbocycles. The molecule has 2 aromatic heterocycles. The lowest BCUT2D eigenvalue weighted by Crippen LogP contribution is -2.03. The monoisotopic (exact) mass is 263 g/mol. The normalized spacial score (nSPS) is 10.2. The first-order valence-corrected chi connectivity index (χ1v) is 5.75. The van der Waals surface area contributed by atoms with E-state index in [0.717, 1.165) is 0 Å². The summed E-state index contributed by atoms with van der Waals surface area (Å²) in [5, 5.41) is 13.6. The fraction of sp³-hybridized carbons (Fsp3) is 0.250. The van der Waals surface area contributed by atoms with Gasteiger partial charge in [-0.15, -0.1) is 0 Å². The Morgan fingerprint density at radius 1 is 1.47 bits per heavy atom. The van der Waals surface area contributed by atoms with E-state index in [1.807, 2.05) is 13.0 Å². The Bertz CT molecular complexity index is 568. The first-order chi connectivity index (χ1) is 9.20. The summed E-state index contributed by atoms with van der Waals surface area (Å²) >= 11 is 0. The fourth-order valence-corrected chi connectivity index (χ4v) is 1.52. The van der Waals surface area contributed by atoms with Gasteiger partial charge in [-0.1, -0.05) is 0 Å². The Morgan fingerprint density at radius 2 is 2.32 bits per heavy atom. The summed E-state index contributed by atoms with van der Waals surface area (Å²) in [5.41, 5.74) is 0.711. The molecule has 0 saturated heterocycles. The van der Waals surface area contributed by atoms with Crippen LogP contribution in [0.5, 0.6) is 5.88 Å². The predicted molar refractivity (Wildman–Crippen MR) is 68.1 cm³/mol. The topological polar surface area (TPSA) is 90.4 Å². The van der Waals surface area contributed by atoms with E-state index in [1.54, 1.807) is 18.3 Å². The van der Waals surface area contributed by atoms with Gasteiger partial charge in [0.15, 0.2) is 0 Å². The molecule has 0 radical (unpaired) electrons. The van der Waals surface area contributed by atoms with Crippen molar-refractivity contribution in [3.8, 4) is 5.88 Å². The molecule has 0 atom stereocenters. The van der Waals surface area contributed by atoms with Crippen molar-refractivity contribution in [1.82, 2.24) is 4.98 Å². The summed E-state index contributed by atoms with van der Waals surface area (Å²) in [6.45, 7) is 2.70. The Kier molecular flexibility index (Phi) is 3.97. The van der Waals surface area contributed by atoms with Crippen LogP contribution in [0, 0.1) is 10.1 Å². The number of nitrogens with one attached hydrogen (secondary N) is 1. The molecule has 1 N–H and O–H groups in total. The van der Waals surface area contributed by atoms with Gasteiger partial charge in [0.25, 0.3) is 0 Å². The van der Waals surface area contributed by atoms with E-state index in [1.165, 1.54) is 6.07 Å². The van der Waals surface area contributed by atoms with Crippen molar-refractivity contribution < 1.29 is 14.1 Å². The van der Waals surface area contributed by atoms with Gasteiger partial charge in [0.1, 0.15) is 10.7 Å². The van der Waals surface area contributed by atoms with E-state index in [-0.39, 0.29) is 5.88 Å². The van der Waals surface area contributed by atoms with Gasteiger partial charge in [0.2, 0.25) is 5.88 Å². The van der Waals surface area contributed by atoms with Crippen molar-refractivity contribution in [2.45, 2.75) is 13.5 Å². The zero-order valence-electron chi connectivity index (χ0n) is 10.3. The lowest BCUT2D eigenvalue weighted by atomic mass is 10.3. The number of pyridine rings is 1. The molecule has 2 rings (SSSR count). The molecule has 0 bridgehead atoms. The largest absolute Gasteiger partial charge is 0.476 e. The van der Waals surface area contributed by atoms with Crippen molar-refractivity contribution in [2.24, 2.45) is 0 Å². The molecule has 7 nitrogen and oxygen atoms in total. The predicted octanol–water partition coefficient (Wildman–Crippen LogP) is 2.59. The number of nitrogens with zero attached hydrogens (tertiary/aromatic N) is 2. The highest BCUT2D eigenvalue weighted by Gasteiger charge is 2.12. The molecule has 100 valence electrons. The summed E-state index contributed by atoms with van der Waals surface area (Å²) in [6, 6.07) is 6.47. The van der Waals surface area contributed by atoms with E-state index < -0.39 is 4.92 Å². The number of rotatable bonds is 6. The molecule has 2 heterocycles. The smallest absolute Gasteiger partial charge is 0.433 e. The molecule has 7 heteroatoms. The molecule has 0 spiro atoms. The van der Waals surface area contributed by atoms with Crippen LogP contribution in [0.25, 0.3) is 0 Å². The molecule has 0 aliphatic rings. The van der Waals surface area contributed by atoms with Crippen LogP contribution in [-0.2, 0) is 6.54 Å². The Balaban J connectivity index is 2.03. The molecule has 0 fully saturated rings. The third-order valence-corrected chi connectivity index (χ3v) is 2.33. The number of ether oxygens (including phenoxy) is 1.